The molecule has 1 saturated heterocycles. The molecule has 0 amide bonds. The van der Waals surface area contributed by atoms with Gasteiger partial charge in [0.25, 0.3) is 5.69 Å². The van der Waals surface area contributed by atoms with Crippen molar-refractivity contribution in [2.75, 3.05) is 13.7 Å². The molecule has 1 unspecified atom stereocenters. The lowest BCUT2D eigenvalue weighted by Gasteiger charge is -2.28. The molecule has 7 nitrogen and oxygen atoms in total. The summed E-state index contributed by atoms with van der Waals surface area (Å²) < 4.78 is 40.3. The zero-order valence-electron chi connectivity index (χ0n) is 15.5. The first kappa shape index (κ1) is 20.1. The van der Waals surface area contributed by atoms with Gasteiger partial charge in [-0.2, -0.15) is 8.78 Å². The largest absolute Gasteiger partial charge is 0.493 e. The highest BCUT2D eigenvalue weighted by atomic mass is 19.3. The molecule has 28 heavy (non-hydrogen) atoms. The van der Waals surface area contributed by atoms with E-state index >= 15 is 0 Å². The van der Waals surface area contributed by atoms with Gasteiger partial charge < -0.3 is 13.9 Å². The summed E-state index contributed by atoms with van der Waals surface area (Å²) in [6.45, 7) is -2.08. The van der Waals surface area contributed by atoms with Crippen LogP contribution >= 0.6 is 0 Å². The fourth-order valence-corrected chi connectivity index (χ4v) is 3.61. The van der Waals surface area contributed by atoms with E-state index in [1.807, 2.05) is 12.1 Å². The topological polar surface area (TPSA) is 78.0 Å². The summed E-state index contributed by atoms with van der Waals surface area (Å²) in [6, 6.07) is 6.12. The van der Waals surface area contributed by atoms with E-state index in [-0.39, 0.29) is 29.8 Å². The molecule has 3 rings (SSSR count). The van der Waals surface area contributed by atoms with E-state index in [0.717, 1.165) is 44.1 Å². The molecule has 0 N–H and O–H groups in total. The summed E-state index contributed by atoms with van der Waals surface area (Å²) in [4.78, 5) is 13.1. The lowest BCUT2D eigenvalue weighted by molar-refractivity contribution is -0.385. The molecule has 2 heterocycles. The van der Waals surface area contributed by atoms with Crippen LogP contribution in [0.1, 0.15) is 43.0 Å². The Morgan fingerprint density at radius 3 is 2.79 bits per heavy atom. The molecule has 1 aliphatic heterocycles. The SMILES string of the molecule is COc1cc(CN2CCCCCC2c2ccco2)c([N+](=O)[O-])cc1OC(F)F. The molecule has 1 atom stereocenters. The van der Waals surface area contributed by atoms with Crippen molar-refractivity contribution in [1.82, 2.24) is 4.90 Å². The third-order valence-corrected chi connectivity index (χ3v) is 4.89. The minimum atomic E-state index is -3.10. The molecule has 0 spiro atoms. The van der Waals surface area contributed by atoms with Crippen LogP contribution in [-0.2, 0) is 6.54 Å². The van der Waals surface area contributed by atoms with Crippen LogP contribution in [0, 0.1) is 10.1 Å². The van der Waals surface area contributed by atoms with Crippen LogP contribution in [0.25, 0.3) is 0 Å². The Labute approximate surface area is 161 Å². The number of hydrogen-bond acceptors (Lipinski definition) is 6. The van der Waals surface area contributed by atoms with Crippen molar-refractivity contribution in [3.63, 3.8) is 0 Å². The molecular weight excluding hydrogens is 374 g/mol. The quantitative estimate of drug-likeness (QED) is 0.489. The molecular formula is C19H22F2N2O5. The first-order chi connectivity index (χ1) is 13.5. The van der Waals surface area contributed by atoms with Crippen LogP contribution in [0.15, 0.2) is 34.9 Å². The maximum absolute atomic E-state index is 12.6. The normalized spacial score (nSPS) is 18.1. The number of hydrogen-bond donors (Lipinski definition) is 0. The number of likely N-dealkylation sites (tertiary alicyclic amines) is 1. The fraction of sp³-hybridized carbons (Fsp3) is 0.474. The summed E-state index contributed by atoms with van der Waals surface area (Å²) in [5.74, 6) is 0.492. The van der Waals surface area contributed by atoms with Crippen molar-refractivity contribution < 1.29 is 27.6 Å². The van der Waals surface area contributed by atoms with Crippen LogP contribution in [0.2, 0.25) is 0 Å². The first-order valence-corrected chi connectivity index (χ1v) is 9.07. The number of halogens is 2. The highest BCUT2D eigenvalue weighted by Gasteiger charge is 2.28. The lowest BCUT2D eigenvalue weighted by Crippen LogP contribution is -2.28. The summed E-state index contributed by atoms with van der Waals surface area (Å²) in [6.07, 6.45) is 5.56. The van der Waals surface area contributed by atoms with Crippen molar-refractivity contribution in [1.29, 1.82) is 0 Å². The second-order valence-electron chi connectivity index (χ2n) is 6.62. The van der Waals surface area contributed by atoms with Crippen molar-refractivity contribution in [3.8, 4) is 11.5 Å². The third kappa shape index (κ3) is 4.59. The molecule has 152 valence electrons. The Balaban J connectivity index is 1.95. The molecule has 1 aromatic carbocycles. The highest BCUT2D eigenvalue weighted by Crippen LogP contribution is 2.38. The van der Waals surface area contributed by atoms with Gasteiger partial charge in [0.15, 0.2) is 11.5 Å². The second kappa shape index (κ2) is 9.01. The molecule has 0 bridgehead atoms. The van der Waals surface area contributed by atoms with Gasteiger partial charge in [-0.3, -0.25) is 15.0 Å². The number of furan rings is 1. The van der Waals surface area contributed by atoms with Crippen LogP contribution in [0.5, 0.6) is 11.5 Å². The van der Waals surface area contributed by atoms with Gasteiger partial charge in [-0.15, -0.1) is 0 Å². The maximum Gasteiger partial charge on any atom is 0.387 e. The second-order valence-corrected chi connectivity index (χ2v) is 6.62. The van der Waals surface area contributed by atoms with E-state index in [2.05, 4.69) is 9.64 Å². The van der Waals surface area contributed by atoms with E-state index < -0.39 is 11.5 Å². The van der Waals surface area contributed by atoms with Gasteiger partial charge in [-0.05, 0) is 37.6 Å². The van der Waals surface area contributed by atoms with Gasteiger partial charge in [-0.25, -0.2) is 0 Å². The summed E-state index contributed by atoms with van der Waals surface area (Å²) in [7, 11) is 1.31. The van der Waals surface area contributed by atoms with Crippen LogP contribution in [-0.4, -0.2) is 30.1 Å². The molecule has 1 aromatic heterocycles. The van der Waals surface area contributed by atoms with Crippen LogP contribution in [0.4, 0.5) is 14.5 Å². The van der Waals surface area contributed by atoms with Crippen molar-refractivity contribution >= 4 is 5.69 Å². The van der Waals surface area contributed by atoms with Crippen LogP contribution < -0.4 is 9.47 Å². The maximum atomic E-state index is 12.6. The summed E-state index contributed by atoms with van der Waals surface area (Å²) in [5, 5.41) is 11.6. The fourth-order valence-electron chi connectivity index (χ4n) is 3.61. The number of methoxy groups -OCH3 is 1. The lowest BCUT2D eigenvalue weighted by atomic mass is 10.1. The third-order valence-electron chi connectivity index (χ3n) is 4.89. The van der Waals surface area contributed by atoms with Crippen LogP contribution in [0.3, 0.4) is 0 Å². The number of rotatable bonds is 7. The van der Waals surface area contributed by atoms with E-state index in [1.165, 1.54) is 13.2 Å². The number of benzene rings is 1. The predicted molar refractivity (Wildman–Crippen MR) is 96.6 cm³/mol. The van der Waals surface area contributed by atoms with Gasteiger partial charge in [0.1, 0.15) is 5.76 Å². The van der Waals surface area contributed by atoms with E-state index in [1.54, 1.807) is 6.26 Å². The van der Waals surface area contributed by atoms with E-state index in [9.17, 15) is 18.9 Å². The van der Waals surface area contributed by atoms with Gasteiger partial charge in [0.2, 0.25) is 0 Å². The number of nitro benzene ring substituents is 1. The number of alkyl halides is 2. The molecule has 0 radical (unpaired) electrons. The van der Waals surface area contributed by atoms with Gasteiger partial charge in [0.05, 0.1) is 30.4 Å². The monoisotopic (exact) mass is 396 g/mol. The Morgan fingerprint density at radius 2 is 2.14 bits per heavy atom. The zero-order valence-corrected chi connectivity index (χ0v) is 15.5. The van der Waals surface area contributed by atoms with Gasteiger partial charge >= 0.3 is 6.61 Å². The van der Waals surface area contributed by atoms with Gasteiger partial charge in [0, 0.05) is 12.1 Å². The van der Waals surface area contributed by atoms with E-state index in [4.69, 9.17) is 9.15 Å². The average molecular weight is 396 g/mol. The zero-order chi connectivity index (χ0) is 20.1. The smallest absolute Gasteiger partial charge is 0.387 e. The minimum absolute atomic E-state index is 0.0000829. The first-order valence-electron chi connectivity index (χ1n) is 9.07. The highest BCUT2D eigenvalue weighted by molar-refractivity contribution is 5.54. The minimum Gasteiger partial charge on any atom is -0.493 e. The van der Waals surface area contributed by atoms with Crippen molar-refractivity contribution in [2.45, 2.75) is 44.9 Å². The molecule has 1 fully saturated rings. The Bertz CT molecular complexity index is 798. The van der Waals surface area contributed by atoms with Crippen molar-refractivity contribution in [3.05, 3.63) is 52.0 Å². The average Bonchev–Trinajstić information content (AvgIpc) is 3.09. The Morgan fingerprint density at radius 1 is 1.32 bits per heavy atom. The Hall–Kier alpha value is -2.68. The molecule has 9 heteroatoms. The standard InChI is InChI=1S/C19H22F2N2O5/c1-26-17-10-13(15(23(24)25)11-18(17)28-19(20)21)12-22-8-4-2-3-6-14(22)16-7-5-9-27-16/h5,7,9-11,14,19H,2-4,6,8,12H2,1H3. The molecule has 1 aliphatic rings. The van der Waals surface area contributed by atoms with Crippen molar-refractivity contribution in [2.24, 2.45) is 0 Å². The molecule has 0 aliphatic carbocycles. The number of nitrogens with zero attached hydrogens (tertiary/aromatic N) is 2. The number of ether oxygens (including phenoxy) is 2. The predicted octanol–water partition coefficient (Wildman–Crippen LogP) is 4.92. The number of nitro groups is 1. The molecule has 2 aromatic rings. The summed E-state index contributed by atoms with van der Waals surface area (Å²) in [5.41, 5.74) is 0.0980. The van der Waals surface area contributed by atoms with Gasteiger partial charge in [-0.1, -0.05) is 12.8 Å². The summed E-state index contributed by atoms with van der Waals surface area (Å²) >= 11 is 0. The Kier molecular flexibility index (Phi) is 6.45. The molecule has 0 saturated carbocycles. The van der Waals surface area contributed by atoms with E-state index in [0.29, 0.717) is 5.56 Å².